The van der Waals surface area contributed by atoms with Gasteiger partial charge in [0.2, 0.25) is 0 Å². The molecule has 24 heavy (non-hydrogen) atoms. The molecule has 2 aromatic rings. The standard InChI is InChI=1S/C18H21BrN2O3/c1-18(2,3)24-17(23)21-15(12-6-4-8-14(19)10-12)16(22)13-7-5-9-20-11-13/h4-11,15-16,22H,1-3H3,(H,21,23)/t15-,16?/m1/s1. The molecular formula is C18H21BrN2O3. The Morgan fingerprint density at radius 3 is 2.54 bits per heavy atom. The van der Waals surface area contributed by atoms with Gasteiger partial charge in [-0.15, -0.1) is 0 Å². The monoisotopic (exact) mass is 392 g/mol. The molecule has 1 unspecified atom stereocenters. The van der Waals surface area contributed by atoms with E-state index in [-0.39, 0.29) is 0 Å². The van der Waals surface area contributed by atoms with Crippen LogP contribution in [0.3, 0.4) is 0 Å². The summed E-state index contributed by atoms with van der Waals surface area (Å²) in [5.74, 6) is 0. The molecule has 2 N–H and O–H groups in total. The zero-order chi connectivity index (χ0) is 17.7. The molecule has 0 bridgehead atoms. The van der Waals surface area contributed by atoms with Gasteiger partial charge in [0.15, 0.2) is 0 Å². The Kier molecular flexibility index (Phi) is 5.96. The van der Waals surface area contributed by atoms with Crippen molar-refractivity contribution in [2.24, 2.45) is 0 Å². The predicted octanol–water partition coefficient (Wildman–Crippen LogP) is 4.14. The first-order valence-electron chi connectivity index (χ1n) is 7.59. The fourth-order valence-corrected chi connectivity index (χ4v) is 2.64. The minimum absolute atomic E-state index is 0.588. The Balaban J connectivity index is 2.29. The van der Waals surface area contributed by atoms with Crippen molar-refractivity contribution in [3.8, 4) is 0 Å². The van der Waals surface area contributed by atoms with Crippen molar-refractivity contribution in [2.75, 3.05) is 0 Å². The van der Waals surface area contributed by atoms with Crippen molar-refractivity contribution in [1.29, 1.82) is 0 Å². The lowest BCUT2D eigenvalue weighted by atomic mass is 9.97. The SMILES string of the molecule is CC(C)(C)OC(=O)N[C@H](c1cccc(Br)c1)C(O)c1cccnc1. The average Bonchev–Trinajstić information content (AvgIpc) is 2.51. The molecule has 0 spiro atoms. The fraction of sp³-hybridized carbons (Fsp3) is 0.333. The van der Waals surface area contributed by atoms with E-state index < -0.39 is 23.8 Å². The van der Waals surface area contributed by atoms with Crippen LogP contribution in [-0.2, 0) is 4.74 Å². The highest BCUT2D eigenvalue weighted by molar-refractivity contribution is 9.10. The van der Waals surface area contributed by atoms with Crippen LogP contribution in [0.5, 0.6) is 0 Å². The predicted molar refractivity (Wildman–Crippen MR) is 95.4 cm³/mol. The molecule has 1 amide bonds. The molecule has 2 atom stereocenters. The summed E-state index contributed by atoms with van der Waals surface area (Å²) < 4.78 is 6.17. The zero-order valence-corrected chi connectivity index (χ0v) is 15.4. The number of rotatable bonds is 4. The number of aliphatic hydroxyl groups excluding tert-OH is 1. The number of halogens is 1. The molecule has 1 aromatic heterocycles. The molecule has 1 heterocycles. The average molecular weight is 393 g/mol. The summed E-state index contributed by atoms with van der Waals surface area (Å²) in [6.07, 6.45) is 1.66. The Morgan fingerprint density at radius 2 is 1.96 bits per heavy atom. The molecule has 0 saturated heterocycles. The number of ether oxygens (including phenoxy) is 1. The third kappa shape index (κ3) is 5.32. The lowest BCUT2D eigenvalue weighted by molar-refractivity contribution is 0.0419. The molecule has 0 aliphatic heterocycles. The first kappa shape index (κ1) is 18.4. The summed E-state index contributed by atoms with van der Waals surface area (Å²) in [5.41, 5.74) is 0.746. The summed E-state index contributed by atoms with van der Waals surface area (Å²) in [6.45, 7) is 5.37. The second-order valence-corrected chi connectivity index (χ2v) is 7.33. The van der Waals surface area contributed by atoms with E-state index in [1.54, 1.807) is 45.3 Å². The van der Waals surface area contributed by atoms with E-state index >= 15 is 0 Å². The van der Waals surface area contributed by atoms with Gasteiger partial charge in [0.1, 0.15) is 11.7 Å². The molecular weight excluding hydrogens is 372 g/mol. The fourth-order valence-electron chi connectivity index (χ4n) is 2.22. The van der Waals surface area contributed by atoms with Gasteiger partial charge in [-0.3, -0.25) is 4.98 Å². The molecule has 128 valence electrons. The van der Waals surface area contributed by atoms with E-state index in [0.717, 1.165) is 10.0 Å². The molecule has 0 aliphatic carbocycles. The largest absolute Gasteiger partial charge is 0.444 e. The third-order valence-electron chi connectivity index (χ3n) is 3.22. The van der Waals surface area contributed by atoms with Gasteiger partial charge in [-0.05, 0) is 44.5 Å². The van der Waals surface area contributed by atoms with Gasteiger partial charge in [-0.2, -0.15) is 0 Å². The highest BCUT2D eigenvalue weighted by atomic mass is 79.9. The number of nitrogens with zero attached hydrogens (tertiary/aromatic N) is 1. The molecule has 0 saturated carbocycles. The maximum Gasteiger partial charge on any atom is 0.408 e. The number of hydrogen-bond donors (Lipinski definition) is 2. The lowest BCUT2D eigenvalue weighted by Gasteiger charge is -2.27. The summed E-state index contributed by atoms with van der Waals surface area (Å²) in [6, 6.07) is 10.3. The van der Waals surface area contributed by atoms with Gasteiger partial charge < -0.3 is 15.2 Å². The van der Waals surface area contributed by atoms with Crippen LogP contribution in [-0.4, -0.2) is 21.8 Å². The smallest absolute Gasteiger partial charge is 0.408 e. The number of aliphatic hydroxyl groups is 1. The third-order valence-corrected chi connectivity index (χ3v) is 3.71. The number of amides is 1. The molecule has 0 aliphatic rings. The molecule has 0 radical (unpaired) electrons. The number of alkyl carbamates (subject to hydrolysis) is 1. The van der Waals surface area contributed by atoms with E-state index in [1.165, 1.54) is 0 Å². The summed E-state index contributed by atoms with van der Waals surface area (Å²) in [5, 5.41) is 13.5. The van der Waals surface area contributed by atoms with Gasteiger partial charge in [-0.25, -0.2) is 4.79 Å². The minimum atomic E-state index is -0.958. The number of pyridine rings is 1. The van der Waals surface area contributed by atoms with Gasteiger partial charge >= 0.3 is 6.09 Å². The highest BCUT2D eigenvalue weighted by Gasteiger charge is 2.27. The van der Waals surface area contributed by atoms with Crippen molar-refractivity contribution < 1.29 is 14.6 Å². The van der Waals surface area contributed by atoms with E-state index in [9.17, 15) is 9.90 Å². The Hall–Kier alpha value is -1.92. The Labute approximate surface area is 150 Å². The van der Waals surface area contributed by atoms with Crippen LogP contribution in [0.25, 0.3) is 0 Å². The maximum atomic E-state index is 12.2. The zero-order valence-electron chi connectivity index (χ0n) is 13.9. The van der Waals surface area contributed by atoms with Crippen LogP contribution in [0.15, 0.2) is 53.3 Å². The second kappa shape index (κ2) is 7.77. The molecule has 0 fully saturated rings. The summed E-state index contributed by atoms with van der Waals surface area (Å²) in [7, 11) is 0. The van der Waals surface area contributed by atoms with Crippen LogP contribution in [0.2, 0.25) is 0 Å². The van der Waals surface area contributed by atoms with Crippen LogP contribution in [0, 0.1) is 0 Å². The van der Waals surface area contributed by atoms with Gasteiger partial charge in [0.05, 0.1) is 6.04 Å². The quantitative estimate of drug-likeness (QED) is 0.819. The lowest BCUT2D eigenvalue weighted by Crippen LogP contribution is -2.37. The van der Waals surface area contributed by atoms with Crippen LogP contribution >= 0.6 is 15.9 Å². The van der Waals surface area contributed by atoms with E-state index in [2.05, 4.69) is 26.2 Å². The van der Waals surface area contributed by atoms with Crippen molar-refractivity contribution in [3.05, 3.63) is 64.4 Å². The first-order valence-corrected chi connectivity index (χ1v) is 8.38. The summed E-state index contributed by atoms with van der Waals surface area (Å²) >= 11 is 3.41. The molecule has 1 aromatic carbocycles. The molecule has 2 rings (SSSR count). The Bertz CT molecular complexity index is 686. The van der Waals surface area contributed by atoms with Crippen molar-refractivity contribution in [2.45, 2.75) is 38.5 Å². The van der Waals surface area contributed by atoms with Crippen molar-refractivity contribution >= 4 is 22.0 Å². The van der Waals surface area contributed by atoms with Gasteiger partial charge in [0, 0.05) is 22.4 Å². The highest BCUT2D eigenvalue weighted by Crippen LogP contribution is 2.30. The number of carbonyl (C=O) groups excluding carboxylic acids is 1. The number of hydrogen-bond acceptors (Lipinski definition) is 4. The number of aromatic nitrogens is 1. The van der Waals surface area contributed by atoms with Crippen molar-refractivity contribution in [3.63, 3.8) is 0 Å². The van der Waals surface area contributed by atoms with Crippen LogP contribution < -0.4 is 5.32 Å². The molecule has 6 heteroatoms. The Morgan fingerprint density at radius 1 is 1.25 bits per heavy atom. The number of nitrogens with one attached hydrogen (secondary N) is 1. The minimum Gasteiger partial charge on any atom is -0.444 e. The maximum absolute atomic E-state index is 12.2. The van der Waals surface area contributed by atoms with Crippen LogP contribution in [0.1, 0.15) is 44.0 Å². The normalized spacial score (nSPS) is 13.9. The van der Waals surface area contributed by atoms with Gasteiger partial charge in [-0.1, -0.05) is 34.1 Å². The number of benzene rings is 1. The van der Waals surface area contributed by atoms with Gasteiger partial charge in [0.25, 0.3) is 0 Å². The first-order chi connectivity index (χ1) is 11.3. The van der Waals surface area contributed by atoms with E-state index in [1.807, 2.05) is 24.3 Å². The second-order valence-electron chi connectivity index (χ2n) is 6.41. The number of carbonyl (C=O) groups is 1. The topological polar surface area (TPSA) is 71.5 Å². The van der Waals surface area contributed by atoms with E-state index in [4.69, 9.17) is 4.74 Å². The summed E-state index contributed by atoms with van der Waals surface area (Å²) in [4.78, 5) is 16.2. The van der Waals surface area contributed by atoms with E-state index in [0.29, 0.717) is 5.56 Å². The molecule has 5 nitrogen and oxygen atoms in total. The van der Waals surface area contributed by atoms with Crippen molar-refractivity contribution in [1.82, 2.24) is 10.3 Å². The van der Waals surface area contributed by atoms with Crippen LogP contribution in [0.4, 0.5) is 4.79 Å².